The molecule has 1 unspecified atom stereocenters. The molecule has 0 heterocycles. The standard InChI is InChI=1S/C48H78O6/c1-4-7-10-13-16-19-22-24-27-29-32-35-38-41-47(50)53-44-45(43-52-46(49)40-37-34-31-28-25-21-18-15-12-9-6-3)54-48(51)42-39-36-33-30-26-23-20-17-14-11-8-5-2/h8-9,11-12,17-18,20-21,24,27-28,31-32,35,45H,4-7,10,13-16,19,22-23,25-26,29-30,33-34,36-44H2,1-3H3/b11-8-,12-9-,20-17-,21-18-,27-24-,31-28-,35-32-. The molecule has 0 spiro atoms. The Labute approximate surface area is 331 Å². The number of rotatable bonds is 37. The summed E-state index contributed by atoms with van der Waals surface area (Å²) in [6.45, 7) is 6.25. The monoisotopic (exact) mass is 751 g/mol. The van der Waals surface area contributed by atoms with Gasteiger partial charge in [0, 0.05) is 19.3 Å². The van der Waals surface area contributed by atoms with Gasteiger partial charge < -0.3 is 14.2 Å². The fourth-order valence-corrected chi connectivity index (χ4v) is 5.44. The molecule has 6 heteroatoms. The first-order valence-corrected chi connectivity index (χ1v) is 21.6. The number of allylic oxidation sites excluding steroid dienone is 14. The van der Waals surface area contributed by atoms with Gasteiger partial charge in [0.2, 0.25) is 0 Å². The first kappa shape index (κ1) is 50.6. The minimum Gasteiger partial charge on any atom is -0.462 e. The van der Waals surface area contributed by atoms with Crippen LogP contribution >= 0.6 is 0 Å². The van der Waals surface area contributed by atoms with Crippen LogP contribution in [0.3, 0.4) is 0 Å². The lowest BCUT2D eigenvalue weighted by atomic mass is 10.1. The Morgan fingerprint density at radius 2 is 0.778 bits per heavy atom. The molecule has 0 aliphatic rings. The van der Waals surface area contributed by atoms with Crippen LogP contribution in [-0.2, 0) is 28.6 Å². The van der Waals surface area contributed by atoms with E-state index in [-0.39, 0.29) is 50.4 Å². The largest absolute Gasteiger partial charge is 0.462 e. The zero-order chi connectivity index (χ0) is 39.4. The minimum atomic E-state index is -0.824. The van der Waals surface area contributed by atoms with Crippen molar-refractivity contribution >= 4 is 17.9 Å². The van der Waals surface area contributed by atoms with Gasteiger partial charge in [0.1, 0.15) is 13.2 Å². The van der Waals surface area contributed by atoms with Crippen molar-refractivity contribution in [3.8, 4) is 0 Å². The molecule has 0 rings (SSSR count). The zero-order valence-corrected chi connectivity index (χ0v) is 34.7. The summed E-state index contributed by atoms with van der Waals surface area (Å²) in [5, 5.41) is 0. The second-order valence-corrected chi connectivity index (χ2v) is 13.8. The number of carbonyl (C=O) groups is 3. The Bertz CT molecular complexity index is 1090. The SMILES string of the molecule is CC/C=C\C/C=C\C/C=C\CCCC(=O)OCC(COC(=O)CC/C=C\C/C=C\CCCCCCCC)OC(=O)CCCCCCC/C=C\C/C=C\CC. The summed E-state index contributed by atoms with van der Waals surface area (Å²) < 4.78 is 16.5. The zero-order valence-electron chi connectivity index (χ0n) is 34.7. The number of hydrogen-bond donors (Lipinski definition) is 0. The van der Waals surface area contributed by atoms with Crippen LogP contribution in [0.2, 0.25) is 0 Å². The normalized spacial score (nSPS) is 12.9. The van der Waals surface area contributed by atoms with Crippen LogP contribution in [0, 0.1) is 0 Å². The van der Waals surface area contributed by atoms with E-state index in [9.17, 15) is 14.4 Å². The first-order chi connectivity index (χ1) is 26.5. The summed E-state index contributed by atoms with van der Waals surface area (Å²) in [5.74, 6) is -1.07. The predicted octanol–water partition coefficient (Wildman–Crippen LogP) is 13.7. The van der Waals surface area contributed by atoms with Gasteiger partial charge in [0.25, 0.3) is 0 Å². The smallest absolute Gasteiger partial charge is 0.306 e. The molecule has 54 heavy (non-hydrogen) atoms. The second-order valence-electron chi connectivity index (χ2n) is 13.8. The van der Waals surface area contributed by atoms with E-state index in [1.54, 1.807) is 0 Å². The minimum absolute atomic E-state index is 0.127. The van der Waals surface area contributed by atoms with Crippen molar-refractivity contribution in [3.63, 3.8) is 0 Å². The van der Waals surface area contributed by atoms with E-state index in [2.05, 4.69) is 99.8 Å². The van der Waals surface area contributed by atoms with Crippen molar-refractivity contribution in [1.82, 2.24) is 0 Å². The molecule has 0 amide bonds. The van der Waals surface area contributed by atoms with Crippen molar-refractivity contribution in [2.45, 2.75) is 187 Å². The van der Waals surface area contributed by atoms with E-state index in [4.69, 9.17) is 14.2 Å². The lowest BCUT2D eigenvalue weighted by molar-refractivity contribution is -0.166. The highest BCUT2D eigenvalue weighted by Crippen LogP contribution is 2.11. The molecule has 0 saturated carbocycles. The van der Waals surface area contributed by atoms with Crippen LogP contribution in [-0.4, -0.2) is 37.2 Å². The number of hydrogen-bond acceptors (Lipinski definition) is 6. The van der Waals surface area contributed by atoms with Crippen LogP contribution in [0.1, 0.15) is 181 Å². The van der Waals surface area contributed by atoms with Gasteiger partial charge in [-0.25, -0.2) is 0 Å². The van der Waals surface area contributed by atoms with E-state index in [1.807, 2.05) is 6.08 Å². The van der Waals surface area contributed by atoms with Crippen LogP contribution < -0.4 is 0 Å². The summed E-state index contributed by atoms with van der Waals surface area (Å²) in [6, 6.07) is 0. The van der Waals surface area contributed by atoms with E-state index in [1.165, 1.54) is 38.5 Å². The van der Waals surface area contributed by atoms with Crippen LogP contribution in [0.4, 0.5) is 0 Å². The highest BCUT2D eigenvalue weighted by Gasteiger charge is 2.19. The van der Waals surface area contributed by atoms with Gasteiger partial charge in [-0.1, -0.05) is 157 Å². The van der Waals surface area contributed by atoms with Crippen LogP contribution in [0.15, 0.2) is 85.1 Å². The highest BCUT2D eigenvalue weighted by atomic mass is 16.6. The Balaban J connectivity index is 4.56. The highest BCUT2D eigenvalue weighted by molar-refractivity contribution is 5.71. The third-order valence-electron chi connectivity index (χ3n) is 8.63. The molecule has 0 fully saturated rings. The number of carbonyl (C=O) groups excluding carboxylic acids is 3. The molecule has 0 radical (unpaired) electrons. The number of unbranched alkanes of at least 4 members (excludes halogenated alkanes) is 12. The summed E-state index contributed by atoms with van der Waals surface area (Å²) >= 11 is 0. The summed E-state index contributed by atoms with van der Waals surface area (Å²) in [6.07, 6.45) is 53.0. The second kappa shape index (κ2) is 42.3. The van der Waals surface area contributed by atoms with E-state index in [0.29, 0.717) is 12.8 Å². The lowest BCUT2D eigenvalue weighted by Crippen LogP contribution is -2.30. The molecular formula is C48H78O6. The molecule has 0 aromatic heterocycles. The maximum atomic E-state index is 12.7. The molecule has 0 aromatic rings. The van der Waals surface area contributed by atoms with E-state index in [0.717, 1.165) is 89.9 Å². The molecule has 0 aliphatic heterocycles. The summed E-state index contributed by atoms with van der Waals surface area (Å²) in [5.41, 5.74) is 0. The van der Waals surface area contributed by atoms with Gasteiger partial charge in [-0.05, 0) is 89.9 Å². The summed E-state index contributed by atoms with van der Waals surface area (Å²) in [7, 11) is 0. The van der Waals surface area contributed by atoms with E-state index < -0.39 is 6.10 Å². The summed E-state index contributed by atoms with van der Waals surface area (Å²) in [4.78, 5) is 37.6. The van der Waals surface area contributed by atoms with Crippen molar-refractivity contribution in [3.05, 3.63) is 85.1 Å². The van der Waals surface area contributed by atoms with Crippen molar-refractivity contribution in [2.75, 3.05) is 13.2 Å². The fraction of sp³-hybridized carbons (Fsp3) is 0.646. The van der Waals surface area contributed by atoms with Crippen molar-refractivity contribution < 1.29 is 28.6 Å². The van der Waals surface area contributed by atoms with Crippen molar-refractivity contribution in [1.29, 1.82) is 0 Å². The maximum Gasteiger partial charge on any atom is 0.306 e. The van der Waals surface area contributed by atoms with Crippen LogP contribution in [0.25, 0.3) is 0 Å². The average Bonchev–Trinajstić information content (AvgIpc) is 3.17. The van der Waals surface area contributed by atoms with E-state index >= 15 is 0 Å². The van der Waals surface area contributed by atoms with Crippen molar-refractivity contribution in [2.24, 2.45) is 0 Å². The molecule has 1 atom stereocenters. The third kappa shape index (κ3) is 39.8. The topological polar surface area (TPSA) is 78.9 Å². The van der Waals surface area contributed by atoms with Gasteiger partial charge in [0.15, 0.2) is 6.10 Å². The number of esters is 3. The molecule has 0 bridgehead atoms. The van der Waals surface area contributed by atoms with Crippen LogP contribution in [0.5, 0.6) is 0 Å². The average molecular weight is 751 g/mol. The van der Waals surface area contributed by atoms with Gasteiger partial charge in [-0.15, -0.1) is 0 Å². The predicted molar refractivity (Wildman–Crippen MR) is 228 cm³/mol. The molecule has 306 valence electrons. The Morgan fingerprint density at radius 3 is 1.30 bits per heavy atom. The van der Waals surface area contributed by atoms with Gasteiger partial charge in [-0.3, -0.25) is 14.4 Å². The lowest BCUT2D eigenvalue weighted by Gasteiger charge is -2.18. The fourth-order valence-electron chi connectivity index (χ4n) is 5.44. The molecule has 0 aliphatic carbocycles. The molecular weight excluding hydrogens is 673 g/mol. The quantitative estimate of drug-likeness (QED) is 0.0272. The van der Waals surface area contributed by atoms with Gasteiger partial charge in [-0.2, -0.15) is 0 Å². The number of ether oxygens (including phenoxy) is 3. The van der Waals surface area contributed by atoms with Gasteiger partial charge >= 0.3 is 17.9 Å². The molecule has 0 saturated heterocycles. The molecule has 0 aromatic carbocycles. The Kier molecular flexibility index (Phi) is 39.7. The maximum absolute atomic E-state index is 12.7. The Hall–Kier alpha value is -3.41. The molecule has 0 N–H and O–H groups in total. The Morgan fingerprint density at radius 1 is 0.389 bits per heavy atom. The molecule has 6 nitrogen and oxygen atoms in total. The third-order valence-corrected chi connectivity index (χ3v) is 8.63. The first-order valence-electron chi connectivity index (χ1n) is 21.6. The van der Waals surface area contributed by atoms with Gasteiger partial charge in [0.05, 0.1) is 0 Å².